The van der Waals surface area contributed by atoms with Gasteiger partial charge in [-0.1, -0.05) is 0 Å². The van der Waals surface area contributed by atoms with Crippen LogP contribution in [0.2, 0.25) is 0 Å². The number of rotatable bonds is 2. The number of pyridine rings is 1. The van der Waals surface area contributed by atoms with E-state index in [1.54, 1.807) is 25.4 Å². The van der Waals surface area contributed by atoms with Crippen molar-refractivity contribution in [2.24, 2.45) is 0 Å². The standard InChI is InChI=1S/C13H11N3O2/c1-14-13(17)11-3-2-10(18-11)8-4-6-15-12-9(8)5-7-16-12/h2-7H,1H3,(H,14,17)(H,15,16). The maximum Gasteiger partial charge on any atom is 0.286 e. The summed E-state index contributed by atoms with van der Waals surface area (Å²) in [5.41, 5.74) is 1.71. The zero-order chi connectivity index (χ0) is 12.5. The topological polar surface area (TPSA) is 70.9 Å². The lowest BCUT2D eigenvalue weighted by Crippen LogP contribution is -2.16. The van der Waals surface area contributed by atoms with Crippen molar-refractivity contribution < 1.29 is 9.21 Å². The Balaban J connectivity index is 2.12. The Bertz CT molecular complexity index is 712. The SMILES string of the molecule is CNC(=O)c1ccc(-c2ccnc3[nH]ccc23)o1. The monoisotopic (exact) mass is 241 g/mol. The summed E-state index contributed by atoms with van der Waals surface area (Å²) >= 11 is 0. The molecule has 0 fully saturated rings. The van der Waals surface area contributed by atoms with Gasteiger partial charge in [-0.25, -0.2) is 4.98 Å². The van der Waals surface area contributed by atoms with Crippen LogP contribution in [0.25, 0.3) is 22.4 Å². The predicted molar refractivity (Wildman–Crippen MR) is 67.2 cm³/mol. The molecule has 3 aromatic rings. The van der Waals surface area contributed by atoms with E-state index in [1.807, 2.05) is 18.3 Å². The number of carbonyl (C=O) groups excluding carboxylic acids is 1. The zero-order valence-corrected chi connectivity index (χ0v) is 9.73. The Morgan fingerprint density at radius 2 is 2.22 bits per heavy atom. The maximum absolute atomic E-state index is 11.4. The number of furan rings is 1. The average molecular weight is 241 g/mol. The minimum absolute atomic E-state index is 0.236. The molecule has 0 unspecified atom stereocenters. The molecule has 1 amide bonds. The van der Waals surface area contributed by atoms with E-state index in [1.165, 1.54) is 0 Å². The Morgan fingerprint density at radius 3 is 3.06 bits per heavy atom. The van der Waals surface area contributed by atoms with Gasteiger partial charge in [0.1, 0.15) is 11.4 Å². The lowest BCUT2D eigenvalue weighted by molar-refractivity contribution is 0.0936. The number of fused-ring (bicyclic) bond motifs is 1. The van der Waals surface area contributed by atoms with Crippen LogP contribution in [0.5, 0.6) is 0 Å². The summed E-state index contributed by atoms with van der Waals surface area (Å²) in [6.45, 7) is 0. The summed E-state index contributed by atoms with van der Waals surface area (Å²) in [4.78, 5) is 18.7. The molecule has 0 saturated carbocycles. The molecular formula is C13H11N3O2. The molecule has 3 aromatic heterocycles. The zero-order valence-electron chi connectivity index (χ0n) is 9.73. The summed E-state index contributed by atoms with van der Waals surface area (Å²) in [5, 5.41) is 3.49. The molecule has 0 aliphatic carbocycles. The molecule has 5 nitrogen and oxygen atoms in total. The van der Waals surface area contributed by atoms with Crippen molar-refractivity contribution in [3.8, 4) is 11.3 Å². The largest absolute Gasteiger partial charge is 0.451 e. The smallest absolute Gasteiger partial charge is 0.286 e. The number of carbonyl (C=O) groups is 1. The van der Waals surface area contributed by atoms with Crippen molar-refractivity contribution in [3.05, 3.63) is 42.4 Å². The molecule has 90 valence electrons. The highest BCUT2D eigenvalue weighted by Gasteiger charge is 2.12. The molecule has 0 aromatic carbocycles. The molecule has 0 bridgehead atoms. The Morgan fingerprint density at radius 1 is 1.33 bits per heavy atom. The van der Waals surface area contributed by atoms with Gasteiger partial charge in [-0.2, -0.15) is 0 Å². The summed E-state index contributed by atoms with van der Waals surface area (Å²) in [6.07, 6.45) is 3.53. The third-order valence-corrected chi connectivity index (χ3v) is 2.78. The highest BCUT2D eigenvalue weighted by Crippen LogP contribution is 2.28. The molecule has 5 heteroatoms. The van der Waals surface area contributed by atoms with Crippen molar-refractivity contribution in [1.82, 2.24) is 15.3 Å². The van der Waals surface area contributed by atoms with Crippen LogP contribution in [0.15, 0.2) is 41.1 Å². The fourth-order valence-corrected chi connectivity index (χ4v) is 1.90. The third kappa shape index (κ3) is 1.57. The first-order chi connectivity index (χ1) is 8.79. The first kappa shape index (κ1) is 10.6. The summed E-state index contributed by atoms with van der Waals surface area (Å²) < 4.78 is 5.55. The van der Waals surface area contributed by atoms with E-state index < -0.39 is 0 Å². The van der Waals surface area contributed by atoms with E-state index in [2.05, 4.69) is 15.3 Å². The fraction of sp³-hybridized carbons (Fsp3) is 0.0769. The number of nitrogens with one attached hydrogen (secondary N) is 2. The Labute approximate surface area is 103 Å². The number of H-pyrrole nitrogens is 1. The van der Waals surface area contributed by atoms with Gasteiger partial charge in [0.2, 0.25) is 0 Å². The normalized spacial score (nSPS) is 10.7. The quantitative estimate of drug-likeness (QED) is 0.722. The first-order valence-corrected chi connectivity index (χ1v) is 5.54. The van der Waals surface area contributed by atoms with Crippen LogP contribution in [0.4, 0.5) is 0 Å². The number of hydrogen-bond acceptors (Lipinski definition) is 3. The van der Waals surface area contributed by atoms with Crippen LogP contribution in [-0.2, 0) is 0 Å². The van der Waals surface area contributed by atoms with Gasteiger partial charge >= 0.3 is 0 Å². The molecule has 0 spiro atoms. The highest BCUT2D eigenvalue weighted by molar-refractivity contribution is 5.94. The molecule has 0 atom stereocenters. The molecule has 0 aliphatic heterocycles. The number of aromatic nitrogens is 2. The summed E-state index contributed by atoms with van der Waals surface area (Å²) in [5.74, 6) is 0.717. The van der Waals surface area contributed by atoms with E-state index in [-0.39, 0.29) is 5.91 Å². The lowest BCUT2D eigenvalue weighted by Gasteiger charge is -1.99. The number of nitrogens with zero attached hydrogens (tertiary/aromatic N) is 1. The molecule has 2 N–H and O–H groups in total. The van der Waals surface area contributed by atoms with Crippen molar-refractivity contribution >= 4 is 16.9 Å². The first-order valence-electron chi connectivity index (χ1n) is 5.54. The van der Waals surface area contributed by atoms with Crippen LogP contribution in [0.3, 0.4) is 0 Å². The molecule has 0 aliphatic rings. The van der Waals surface area contributed by atoms with Gasteiger partial charge in [0.15, 0.2) is 5.76 Å². The van der Waals surface area contributed by atoms with Crippen molar-refractivity contribution in [2.45, 2.75) is 0 Å². The van der Waals surface area contributed by atoms with E-state index in [9.17, 15) is 4.79 Å². The van der Waals surface area contributed by atoms with Gasteiger partial charge in [0, 0.05) is 30.4 Å². The van der Waals surface area contributed by atoms with E-state index >= 15 is 0 Å². The van der Waals surface area contributed by atoms with E-state index in [4.69, 9.17) is 4.42 Å². The second-order valence-electron chi connectivity index (χ2n) is 3.84. The Kier molecular flexibility index (Phi) is 2.37. The van der Waals surface area contributed by atoms with Gasteiger partial charge < -0.3 is 14.7 Å². The average Bonchev–Trinajstić information content (AvgIpc) is 3.05. The van der Waals surface area contributed by atoms with Crippen molar-refractivity contribution in [3.63, 3.8) is 0 Å². The van der Waals surface area contributed by atoms with Gasteiger partial charge in [-0.15, -0.1) is 0 Å². The van der Waals surface area contributed by atoms with E-state index in [0.717, 1.165) is 16.6 Å². The van der Waals surface area contributed by atoms with Crippen LogP contribution in [0, 0.1) is 0 Å². The molecule has 3 heterocycles. The molecule has 0 saturated heterocycles. The van der Waals surface area contributed by atoms with Gasteiger partial charge in [0.25, 0.3) is 5.91 Å². The van der Waals surface area contributed by atoms with Crippen molar-refractivity contribution in [1.29, 1.82) is 0 Å². The fourth-order valence-electron chi connectivity index (χ4n) is 1.90. The molecule has 0 radical (unpaired) electrons. The van der Waals surface area contributed by atoms with Crippen molar-refractivity contribution in [2.75, 3.05) is 7.05 Å². The highest BCUT2D eigenvalue weighted by atomic mass is 16.3. The predicted octanol–water partition coefficient (Wildman–Crippen LogP) is 2.18. The minimum Gasteiger partial charge on any atom is -0.451 e. The number of amides is 1. The third-order valence-electron chi connectivity index (χ3n) is 2.78. The second kappa shape index (κ2) is 4.03. The summed E-state index contributed by atoms with van der Waals surface area (Å²) in [7, 11) is 1.57. The van der Waals surface area contributed by atoms with Crippen LogP contribution >= 0.6 is 0 Å². The second-order valence-corrected chi connectivity index (χ2v) is 3.84. The lowest BCUT2D eigenvalue weighted by atomic mass is 10.1. The Hall–Kier alpha value is -2.56. The van der Waals surface area contributed by atoms with Crippen LogP contribution in [0.1, 0.15) is 10.6 Å². The molecular weight excluding hydrogens is 230 g/mol. The molecule has 3 rings (SSSR count). The summed E-state index contributed by atoms with van der Waals surface area (Å²) in [6, 6.07) is 7.24. The van der Waals surface area contributed by atoms with Crippen LogP contribution in [-0.4, -0.2) is 22.9 Å². The van der Waals surface area contributed by atoms with Gasteiger partial charge in [-0.05, 0) is 24.3 Å². The van der Waals surface area contributed by atoms with E-state index in [0.29, 0.717) is 11.5 Å². The van der Waals surface area contributed by atoms with Gasteiger partial charge in [-0.3, -0.25) is 4.79 Å². The van der Waals surface area contributed by atoms with Gasteiger partial charge in [0.05, 0.1) is 0 Å². The number of aromatic amines is 1. The number of hydrogen-bond donors (Lipinski definition) is 2. The maximum atomic E-state index is 11.4. The molecule has 18 heavy (non-hydrogen) atoms. The van der Waals surface area contributed by atoms with Crippen LogP contribution < -0.4 is 5.32 Å². The minimum atomic E-state index is -0.236.